The van der Waals surface area contributed by atoms with Crippen molar-refractivity contribution in [2.24, 2.45) is 17.8 Å². The van der Waals surface area contributed by atoms with Crippen LogP contribution in [-0.4, -0.2) is 79.4 Å². The Morgan fingerprint density at radius 2 is 1.91 bits per heavy atom. The van der Waals surface area contributed by atoms with Crippen molar-refractivity contribution < 1.29 is 42.8 Å². The maximum Gasteiger partial charge on any atom is 0.459 e. The lowest BCUT2D eigenvalue weighted by atomic mass is 9.96. The Hall–Kier alpha value is -3.13. The highest BCUT2D eigenvalue weighted by Gasteiger charge is 2.54. The highest BCUT2D eigenvalue weighted by Crippen LogP contribution is 2.48. The maximum absolute atomic E-state index is 14.3. The Bertz CT molecular complexity index is 1550. The minimum Gasteiger partial charge on any atom is -0.476 e. The first-order valence-corrected chi connectivity index (χ1v) is 17.4. The lowest BCUT2D eigenvalue weighted by molar-refractivity contribution is -0.146. The van der Waals surface area contributed by atoms with Crippen LogP contribution in [-0.2, 0) is 23.4 Å². The quantitative estimate of drug-likeness (QED) is 0.273. The van der Waals surface area contributed by atoms with Gasteiger partial charge in [0.1, 0.15) is 35.9 Å². The van der Waals surface area contributed by atoms with Crippen LogP contribution in [0, 0.1) is 17.8 Å². The van der Waals surface area contributed by atoms with Crippen LogP contribution in [0.5, 0.6) is 11.6 Å². The molecule has 6 bridgehead atoms. The van der Waals surface area contributed by atoms with Crippen molar-refractivity contribution in [2.75, 3.05) is 19.8 Å². The van der Waals surface area contributed by atoms with Crippen molar-refractivity contribution >= 4 is 24.9 Å². The number of benzene rings is 1. The van der Waals surface area contributed by atoms with Crippen molar-refractivity contribution in [3.05, 3.63) is 43.0 Å². The predicted octanol–water partition coefficient (Wildman–Crippen LogP) is 3.79. The van der Waals surface area contributed by atoms with Crippen molar-refractivity contribution in [3.8, 4) is 11.6 Å². The fraction of sp³-hybridized carbons (Fsp3) is 0.613. The molecule has 6 rings (SSSR count). The van der Waals surface area contributed by atoms with Crippen molar-refractivity contribution in [2.45, 2.75) is 83.0 Å². The molecule has 8 atom stereocenters. The Morgan fingerprint density at radius 3 is 2.70 bits per heavy atom. The van der Waals surface area contributed by atoms with Gasteiger partial charge in [0, 0.05) is 0 Å². The Labute approximate surface area is 267 Å². The second-order valence-electron chi connectivity index (χ2n) is 12.9. The molecule has 250 valence electrons. The number of cyclic esters (lactones) is 1. The van der Waals surface area contributed by atoms with Crippen LogP contribution < -0.4 is 14.3 Å². The Kier molecular flexibility index (Phi) is 9.65. The lowest BCUT2D eigenvalue weighted by Gasteiger charge is -2.28. The number of para-hydroxylation sites is 1. The van der Waals surface area contributed by atoms with Gasteiger partial charge in [-0.3, -0.25) is 13.9 Å². The number of nitrogens with zero attached hydrogens (tertiary/aromatic N) is 4. The molecule has 1 saturated heterocycles. The smallest absolute Gasteiger partial charge is 0.459 e. The lowest BCUT2D eigenvalue weighted by Crippen LogP contribution is -2.44. The van der Waals surface area contributed by atoms with E-state index in [1.807, 2.05) is 13.8 Å². The second kappa shape index (κ2) is 13.5. The third kappa shape index (κ3) is 7.22. The zero-order chi connectivity index (χ0) is 32.5. The van der Waals surface area contributed by atoms with Gasteiger partial charge < -0.3 is 28.9 Å². The molecule has 3 unspecified atom stereocenters. The average molecular weight is 660 g/mol. The molecule has 2 aliphatic heterocycles. The summed E-state index contributed by atoms with van der Waals surface area (Å²) < 4.78 is 45.3. The molecule has 2 aromatic heterocycles. The van der Waals surface area contributed by atoms with Gasteiger partial charge in [0.15, 0.2) is 17.4 Å². The monoisotopic (exact) mass is 659 g/mol. The number of carbonyl (C=O) groups is 1. The number of hydrogen-bond acceptors (Lipinski definition) is 12. The maximum atomic E-state index is 14.3. The van der Waals surface area contributed by atoms with E-state index in [1.54, 1.807) is 30.3 Å². The number of ether oxygens (including phenoxy) is 3. The number of rotatable bonds is 4. The number of carbonyl (C=O) groups excluding carboxylic acids is 1. The van der Waals surface area contributed by atoms with E-state index in [9.17, 15) is 19.6 Å². The number of aliphatic hydroxyl groups excluding tert-OH is 1. The fourth-order valence-corrected chi connectivity index (χ4v) is 7.69. The van der Waals surface area contributed by atoms with Gasteiger partial charge in [0.25, 0.3) is 0 Å². The topological polar surface area (TPSA) is 176 Å². The Morgan fingerprint density at radius 1 is 1.13 bits per heavy atom. The molecular formula is C31H42N5O9P. The molecule has 0 spiro atoms. The number of hydrogen-bond donors (Lipinski definition) is 3. The minimum absolute atomic E-state index is 0.0494. The second-order valence-corrected chi connectivity index (χ2v) is 14.6. The average Bonchev–Trinajstić information content (AvgIpc) is 3.55. The fourth-order valence-electron chi connectivity index (χ4n) is 6.17. The van der Waals surface area contributed by atoms with E-state index in [0.717, 1.165) is 19.3 Å². The van der Waals surface area contributed by atoms with Crippen LogP contribution in [0.4, 0.5) is 0 Å². The molecular weight excluding hydrogens is 617 g/mol. The molecule has 4 heterocycles. The summed E-state index contributed by atoms with van der Waals surface area (Å²) in [5.41, 5.74) is -1.08. The first-order valence-electron chi connectivity index (χ1n) is 15.8. The van der Waals surface area contributed by atoms with E-state index in [4.69, 9.17) is 23.3 Å². The summed E-state index contributed by atoms with van der Waals surface area (Å²) in [6.07, 6.45) is 2.91. The number of imidazole rings is 1. The molecule has 1 saturated carbocycles. The zero-order valence-corrected chi connectivity index (χ0v) is 27.1. The summed E-state index contributed by atoms with van der Waals surface area (Å²) in [7, 11) is -4.28. The molecule has 14 nitrogen and oxygen atoms in total. The molecule has 0 radical (unpaired) electrons. The van der Waals surface area contributed by atoms with Crippen molar-refractivity contribution in [1.82, 2.24) is 24.6 Å². The summed E-state index contributed by atoms with van der Waals surface area (Å²) in [6, 6.07) is 7.43. The first-order chi connectivity index (χ1) is 22.0. The van der Waals surface area contributed by atoms with Crippen molar-refractivity contribution in [3.63, 3.8) is 0 Å². The van der Waals surface area contributed by atoms with Gasteiger partial charge >= 0.3 is 13.7 Å². The molecule has 2 fully saturated rings. The molecule has 15 heteroatoms. The van der Waals surface area contributed by atoms with E-state index >= 15 is 0 Å². The van der Waals surface area contributed by atoms with Crippen LogP contribution in [0.15, 0.2) is 43.0 Å². The number of esters is 1. The van der Waals surface area contributed by atoms with Crippen LogP contribution in [0.1, 0.15) is 59.1 Å². The summed E-state index contributed by atoms with van der Waals surface area (Å²) in [5.74, 6) is 1.10. The first kappa shape index (κ1) is 32.8. The van der Waals surface area contributed by atoms with Crippen LogP contribution >= 0.6 is 7.75 Å². The van der Waals surface area contributed by atoms with E-state index in [2.05, 4.69) is 20.0 Å². The molecule has 3 aliphatic rings. The SMILES string of the molecule is CC(C)C[C@H]1NP(=O)(Oc2ccccc2)OC[C@H]2O[C@@H](n3cnc4c(ncnc43)OCCC3CC3CCCOC1=O)[C@](C)(O)[C@@H]2O. The molecule has 1 aliphatic carbocycles. The summed E-state index contributed by atoms with van der Waals surface area (Å²) >= 11 is 0. The highest BCUT2D eigenvalue weighted by molar-refractivity contribution is 7.52. The predicted molar refractivity (Wildman–Crippen MR) is 165 cm³/mol. The third-order valence-corrected chi connectivity index (χ3v) is 10.3. The molecule has 3 N–H and O–H groups in total. The summed E-state index contributed by atoms with van der Waals surface area (Å²) in [6.45, 7) is 5.55. The van der Waals surface area contributed by atoms with Gasteiger partial charge in [0.2, 0.25) is 5.88 Å². The van der Waals surface area contributed by atoms with Crippen LogP contribution in [0.2, 0.25) is 0 Å². The van der Waals surface area contributed by atoms with Crippen molar-refractivity contribution in [1.29, 1.82) is 0 Å². The van der Waals surface area contributed by atoms with E-state index in [1.165, 1.54) is 24.1 Å². The van der Waals surface area contributed by atoms with E-state index in [0.29, 0.717) is 48.3 Å². The van der Waals surface area contributed by atoms with Gasteiger partial charge in [-0.05, 0) is 68.9 Å². The van der Waals surface area contributed by atoms with E-state index < -0.39 is 50.4 Å². The summed E-state index contributed by atoms with van der Waals surface area (Å²) in [4.78, 5) is 26.3. The Balaban J connectivity index is 1.30. The van der Waals surface area contributed by atoms with Gasteiger partial charge in [0.05, 0.1) is 26.1 Å². The van der Waals surface area contributed by atoms with E-state index in [-0.39, 0.29) is 18.3 Å². The van der Waals surface area contributed by atoms with Crippen LogP contribution in [0.3, 0.4) is 0 Å². The largest absolute Gasteiger partial charge is 0.476 e. The third-order valence-electron chi connectivity index (χ3n) is 8.78. The zero-order valence-electron chi connectivity index (χ0n) is 26.2. The number of aliphatic hydroxyl groups is 2. The molecule has 46 heavy (non-hydrogen) atoms. The van der Waals surface area contributed by atoms with Gasteiger partial charge in [-0.2, -0.15) is 10.1 Å². The molecule has 3 aromatic rings. The molecule has 1 aromatic carbocycles. The van der Waals surface area contributed by atoms with Gasteiger partial charge in [-0.15, -0.1) is 0 Å². The van der Waals surface area contributed by atoms with Gasteiger partial charge in [-0.25, -0.2) is 14.5 Å². The normalized spacial score (nSPS) is 34.3. The standard InChI is InChI=1S/C31H42N5O9P/c1-19(2)14-23-29(38)42-12-7-8-20-15-21(20)11-13-41-28-25-27(32-17-33-28)36(18-34-25)30-31(3,39)26(37)24(44-30)16-43-46(40,35-23)45-22-9-5-4-6-10-22/h4-6,9-10,17-21,23-24,26,30,37,39H,7-8,11-16H2,1-3H3,(H,35,40)/t20?,21?,23-,24-,26-,30-,31-,46?/m1/s1. The van der Waals surface area contributed by atoms with Crippen LogP contribution in [0.25, 0.3) is 11.2 Å². The van der Waals surface area contributed by atoms with Gasteiger partial charge in [-0.1, -0.05) is 32.0 Å². The number of nitrogens with one attached hydrogen (secondary N) is 1. The number of aromatic nitrogens is 4. The minimum atomic E-state index is -4.28. The summed E-state index contributed by atoms with van der Waals surface area (Å²) in [5, 5.41) is 25.5. The molecule has 0 amide bonds. The number of fused-ring (bicyclic) bond motifs is 4. The highest BCUT2D eigenvalue weighted by atomic mass is 31.2.